The van der Waals surface area contributed by atoms with Crippen LogP contribution >= 0.6 is 21.6 Å². The summed E-state index contributed by atoms with van der Waals surface area (Å²) < 4.78 is 5.02. The molecule has 5 atom stereocenters. The van der Waals surface area contributed by atoms with Crippen LogP contribution in [0.2, 0.25) is 0 Å². The number of aliphatic hydroxyl groups is 3. The van der Waals surface area contributed by atoms with Crippen molar-refractivity contribution in [1.29, 1.82) is 0 Å². The molecule has 3 aliphatic rings. The van der Waals surface area contributed by atoms with Gasteiger partial charge in [-0.1, -0.05) is 21.6 Å². The first kappa shape index (κ1) is 32.1. The Morgan fingerprint density at radius 3 is 2.23 bits per heavy atom. The van der Waals surface area contributed by atoms with E-state index in [1.165, 1.54) is 21.6 Å². The van der Waals surface area contributed by atoms with E-state index in [2.05, 4.69) is 5.32 Å². The van der Waals surface area contributed by atoms with E-state index in [4.69, 9.17) is 9.57 Å². The number of esters is 1. The molecule has 4 amide bonds. The summed E-state index contributed by atoms with van der Waals surface area (Å²) in [7, 11) is 2.99. The molecule has 0 aliphatic carbocycles. The quantitative estimate of drug-likeness (QED) is 0.0712. The topological polar surface area (TPSA) is 200 Å². The highest BCUT2D eigenvalue weighted by molar-refractivity contribution is 8.77. The van der Waals surface area contributed by atoms with Crippen molar-refractivity contribution in [2.24, 2.45) is 5.41 Å². The summed E-state index contributed by atoms with van der Waals surface area (Å²) in [5, 5.41) is 33.4. The highest BCUT2D eigenvalue weighted by atomic mass is 33.1. The Labute approximate surface area is 238 Å². The highest BCUT2D eigenvalue weighted by Gasteiger charge is 2.55. The van der Waals surface area contributed by atoms with Crippen molar-refractivity contribution in [3.05, 3.63) is 0 Å². The van der Waals surface area contributed by atoms with Gasteiger partial charge < -0.3 is 35.1 Å². The van der Waals surface area contributed by atoms with Gasteiger partial charge in [-0.15, -0.1) is 5.06 Å². The first-order valence-corrected chi connectivity index (χ1v) is 15.1. The lowest BCUT2D eigenvalue weighted by atomic mass is 9.90. The number of carbonyl (C=O) groups is 6. The van der Waals surface area contributed by atoms with Gasteiger partial charge in [-0.3, -0.25) is 24.0 Å². The number of nitrogens with zero attached hydrogens (tertiary/aromatic N) is 2. The summed E-state index contributed by atoms with van der Waals surface area (Å²) in [6, 6.07) is -1.23. The Bertz CT molecular complexity index is 1040. The molecule has 4 N–H and O–H groups in total. The Morgan fingerprint density at radius 2 is 1.60 bits per heavy atom. The average molecular weight is 606 g/mol. The minimum absolute atomic E-state index is 0.00960. The zero-order valence-electron chi connectivity index (χ0n) is 22.7. The molecular formula is C24H35N3O11S2. The van der Waals surface area contributed by atoms with E-state index < -0.39 is 78.1 Å². The summed E-state index contributed by atoms with van der Waals surface area (Å²) in [6.45, 7) is 6.72. The van der Waals surface area contributed by atoms with E-state index in [1.807, 2.05) is 13.8 Å². The molecule has 40 heavy (non-hydrogen) atoms. The first-order valence-electron chi connectivity index (χ1n) is 12.8. The van der Waals surface area contributed by atoms with Crippen molar-refractivity contribution >= 4 is 57.2 Å². The first-order chi connectivity index (χ1) is 18.6. The van der Waals surface area contributed by atoms with Crippen LogP contribution in [0.3, 0.4) is 0 Å². The molecule has 0 aromatic carbocycles. The van der Waals surface area contributed by atoms with Gasteiger partial charge in [0, 0.05) is 29.8 Å². The van der Waals surface area contributed by atoms with Gasteiger partial charge in [0.2, 0.25) is 0 Å². The minimum atomic E-state index is -1.66. The molecule has 16 heteroatoms. The number of hydrogen-bond donors (Lipinski definition) is 4. The van der Waals surface area contributed by atoms with Crippen molar-refractivity contribution in [3.8, 4) is 0 Å². The second kappa shape index (κ2) is 12.6. The molecule has 0 bridgehead atoms. The molecule has 0 aromatic rings. The number of fused-ring (bicyclic) bond motifs is 1. The molecule has 14 nitrogen and oxygen atoms in total. The second-order valence-electron chi connectivity index (χ2n) is 11.1. The maximum Gasteiger partial charge on any atom is 0.333 e. The Hall–Kier alpha value is -2.40. The summed E-state index contributed by atoms with van der Waals surface area (Å²) in [4.78, 5) is 77.9. The van der Waals surface area contributed by atoms with Gasteiger partial charge in [-0.25, -0.2) is 4.79 Å². The predicted molar refractivity (Wildman–Crippen MR) is 140 cm³/mol. The van der Waals surface area contributed by atoms with E-state index in [1.54, 1.807) is 13.8 Å². The number of rotatable bonds is 12. The summed E-state index contributed by atoms with van der Waals surface area (Å²) in [6.07, 6.45) is -5.24. The maximum atomic E-state index is 12.8. The Morgan fingerprint density at radius 1 is 0.975 bits per heavy atom. The zero-order chi connectivity index (χ0) is 30.0. The molecule has 0 spiro atoms. The molecule has 3 fully saturated rings. The van der Waals surface area contributed by atoms with E-state index in [9.17, 15) is 44.1 Å². The molecule has 3 aliphatic heterocycles. The monoisotopic (exact) mass is 605 g/mol. The van der Waals surface area contributed by atoms with Crippen LogP contribution in [0.4, 0.5) is 0 Å². The average Bonchev–Trinajstić information content (AvgIpc) is 3.36. The van der Waals surface area contributed by atoms with E-state index in [0.29, 0.717) is 23.7 Å². The van der Waals surface area contributed by atoms with Gasteiger partial charge in [0.15, 0.2) is 0 Å². The summed E-state index contributed by atoms with van der Waals surface area (Å²) in [5.41, 5.74) is -0.948. The highest BCUT2D eigenvalue weighted by Crippen LogP contribution is 2.40. The molecule has 0 saturated carbocycles. The smallest absolute Gasteiger partial charge is 0.333 e. The van der Waals surface area contributed by atoms with Crippen LogP contribution in [0.5, 0.6) is 0 Å². The van der Waals surface area contributed by atoms with Crippen molar-refractivity contribution in [2.75, 3.05) is 12.4 Å². The molecule has 0 radical (unpaired) electrons. The van der Waals surface area contributed by atoms with Gasteiger partial charge in [-0.2, -0.15) is 0 Å². The van der Waals surface area contributed by atoms with Crippen molar-refractivity contribution in [2.45, 2.75) is 95.1 Å². The maximum absolute atomic E-state index is 12.8. The van der Waals surface area contributed by atoms with Crippen LogP contribution in [0.25, 0.3) is 0 Å². The number of carbonyl (C=O) groups excluding carboxylic acids is 6. The fraction of sp³-hybridized carbons (Fsp3) is 0.750. The van der Waals surface area contributed by atoms with Crippen molar-refractivity contribution in [3.63, 3.8) is 0 Å². The van der Waals surface area contributed by atoms with Gasteiger partial charge >= 0.3 is 23.8 Å². The number of hydrogen-bond acceptors (Lipinski definition) is 13. The van der Waals surface area contributed by atoms with Crippen LogP contribution in [-0.2, 0) is 38.3 Å². The second-order valence-corrected chi connectivity index (χ2v) is 14.2. The van der Waals surface area contributed by atoms with E-state index >= 15 is 0 Å². The van der Waals surface area contributed by atoms with Crippen LogP contribution in [0.1, 0.15) is 59.8 Å². The SMILES string of the molecule is CC(C)(CCC(=O)ON1C(=O)CCC1=O)SSCCC(C)(C)C(=O)OC[C@@H]1[C@@H](O)[C@H](O)[C@H](O)[C@H]2NC(=O)C(=O)N12. The number of imide groups is 1. The molecule has 3 heterocycles. The number of piperidine rings is 1. The fourth-order valence-electron chi connectivity index (χ4n) is 4.28. The number of amides is 4. The van der Waals surface area contributed by atoms with Gasteiger partial charge in [0.1, 0.15) is 31.1 Å². The fourth-order valence-corrected chi connectivity index (χ4v) is 7.17. The van der Waals surface area contributed by atoms with Gasteiger partial charge in [0.05, 0.1) is 11.5 Å². The number of hydroxylamine groups is 2. The molecule has 3 saturated heterocycles. The van der Waals surface area contributed by atoms with Gasteiger partial charge in [0.25, 0.3) is 11.8 Å². The molecule has 0 unspecified atom stereocenters. The van der Waals surface area contributed by atoms with Crippen molar-refractivity contribution in [1.82, 2.24) is 15.3 Å². The summed E-state index contributed by atoms with van der Waals surface area (Å²) in [5.74, 6) is -3.79. The van der Waals surface area contributed by atoms with Crippen molar-refractivity contribution < 1.29 is 53.7 Å². The van der Waals surface area contributed by atoms with E-state index in [-0.39, 0.29) is 24.0 Å². The third kappa shape index (κ3) is 7.26. The third-order valence-electron chi connectivity index (χ3n) is 6.94. The standard InChI is InChI=1S/C24H35N3O11S2/c1-23(2,9-10-39-40-24(3,4)8-7-15(30)38-27-13(28)5-6-14(27)29)22(36)37-11-12-16(31)17(32)18(33)19-25-20(34)21(35)26(12)19/h12,16-19,31-33H,5-11H2,1-4H3,(H,25,34)/t12-,16-,17+,18+,19+/m1/s1. The molecular weight excluding hydrogens is 570 g/mol. The minimum Gasteiger partial charge on any atom is -0.463 e. The molecule has 224 valence electrons. The lowest BCUT2D eigenvalue weighted by molar-refractivity contribution is -0.197. The molecule has 0 aromatic heterocycles. The largest absolute Gasteiger partial charge is 0.463 e. The van der Waals surface area contributed by atoms with Crippen LogP contribution in [-0.4, -0.2) is 108 Å². The Kier molecular flexibility index (Phi) is 10.1. The van der Waals surface area contributed by atoms with Crippen LogP contribution in [0.15, 0.2) is 0 Å². The van der Waals surface area contributed by atoms with Crippen LogP contribution < -0.4 is 5.32 Å². The molecule has 3 rings (SSSR count). The van der Waals surface area contributed by atoms with E-state index in [0.717, 1.165) is 4.90 Å². The number of ether oxygens (including phenoxy) is 1. The lowest BCUT2D eigenvalue weighted by Gasteiger charge is -2.44. The zero-order valence-corrected chi connectivity index (χ0v) is 24.3. The van der Waals surface area contributed by atoms with Gasteiger partial charge in [-0.05, 0) is 40.5 Å². The number of nitrogens with one attached hydrogen (secondary N) is 1. The predicted octanol–water partition coefficient (Wildman–Crippen LogP) is -0.757. The van der Waals surface area contributed by atoms with Crippen LogP contribution in [0, 0.1) is 5.41 Å². The third-order valence-corrected chi connectivity index (χ3v) is 10.3. The number of aliphatic hydroxyl groups excluding tert-OH is 3. The normalized spacial score (nSPS) is 27.1. The lowest BCUT2D eigenvalue weighted by Crippen LogP contribution is -2.68. The Balaban J connectivity index is 1.42. The summed E-state index contributed by atoms with van der Waals surface area (Å²) >= 11 is 0.